The van der Waals surface area contributed by atoms with Crippen molar-refractivity contribution in [3.8, 4) is 0 Å². The molecule has 1 aliphatic carbocycles. The molecule has 1 aliphatic rings. The molecule has 0 radical (unpaired) electrons. The quantitative estimate of drug-likeness (QED) is 0.745. The lowest BCUT2D eigenvalue weighted by Gasteiger charge is -2.18. The fraction of sp³-hybridized carbons (Fsp3) is 0.533. The third-order valence-corrected chi connectivity index (χ3v) is 6.09. The van der Waals surface area contributed by atoms with E-state index >= 15 is 0 Å². The average Bonchev–Trinajstić information content (AvgIpc) is 2.75. The van der Waals surface area contributed by atoms with E-state index < -0.39 is 33.3 Å². The Kier molecular flexibility index (Phi) is 5.08. The molecule has 122 valence electrons. The van der Waals surface area contributed by atoms with Crippen LogP contribution in [0.3, 0.4) is 0 Å². The van der Waals surface area contributed by atoms with Crippen LogP contribution in [-0.4, -0.2) is 43.2 Å². The van der Waals surface area contributed by atoms with Gasteiger partial charge in [0.05, 0.1) is 23.1 Å². The van der Waals surface area contributed by atoms with Crippen molar-refractivity contribution >= 4 is 15.9 Å². The molecular formula is C15H22N2O4S. The molecular weight excluding hydrogens is 304 g/mol. The van der Waals surface area contributed by atoms with Crippen LogP contribution in [0.25, 0.3) is 0 Å². The van der Waals surface area contributed by atoms with Gasteiger partial charge in [0.1, 0.15) is 0 Å². The van der Waals surface area contributed by atoms with Gasteiger partial charge in [-0.05, 0) is 25.0 Å². The van der Waals surface area contributed by atoms with Crippen molar-refractivity contribution in [2.45, 2.75) is 37.7 Å². The molecule has 0 fully saturated rings. The summed E-state index contributed by atoms with van der Waals surface area (Å²) in [5.74, 6) is -0.0953. The number of urea groups is 1. The lowest BCUT2D eigenvalue weighted by Crippen LogP contribution is -2.42. The van der Waals surface area contributed by atoms with Crippen LogP contribution in [0.1, 0.15) is 31.0 Å². The van der Waals surface area contributed by atoms with E-state index in [-0.39, 0.29) is 12.3 Å². The van der Waals surface area contributed by atoms with Crippen LogP contribution in [0.15, 0.2) is 24.3 Å². The molecule has 2 rings (SSSR count). The standard InChI is InChI=1S/C15H22N2O4S/c1-10(2)22(20,21)8-7-16-15(19)17-14-12-6-4-3-5-11(12)9-13(14)18/h3-6,10,13-14,18H,7-9H2,1-2H3,(H2,16,17,19)/t13-,14+/m0/s1. The Labute approximate surface area is 130 Å². The second-order valence-corrected chi connectivity index (χ2v) is 8.44. The number of amides is 2. The van der Waals surface area contributed by atoms with Crippen molar-refractivity contribution in [2.75, 3.05) is 12.3 Å². The van der Waals surface area contributed by atoms with Gasteiger partial charge >= 0.3 is 6.03 Å². The first kappa shape index (κ1) is 16.8. The smallest absolute Gasteiger partial charge is 0.315 e. The highest BCUT2D eigenvalue weighted by atomic mass is 32.2. The van der Waals surface area contributed by atoms with E-state index in [1.807, 2.05) is 24.3 Å². The van der Waals surface area contributed by atoms with Gasteiger partial charge in [-0.25, -0.2) is 13.2 Å². The number of carbonyl (C=O) groups excluding carboxylic acids is 1. The number of hydrogen-bond acceptors (Lipinski definition) is 4. The molecule has 22 heavy (non-hydrogen) atoms. The first-order chi connectivity index (χ1) is 10.3. The number of aliphatic hydroxyl groups is 1. The first-order valence-corrected chi connectivity index (χ1v) is 9.04. The van der Waals surface area contributed by atoms with Crippen molar-refractivity contribution in [3.63, 3.8) is 0 Å². The zero-order valence-corrected chi connectivity index (χ0v) is 13.6. The predicted molar refractivity (Wildman–Crippen MR) is 84.4 cm³/mol. The van der Waals surface area contributed by atoms with Gasteiger partial charge in [-0.15, -0.1) is 0 Å². The number of carbonyl (C=O) groups is 1. The van der Waals surface area contributed by atoms with Crippen molar-refractivity contribution in [3.05, 3.63) is 35.4 Å². The summed E-state index contributed by atoms with van der Waals surface area (Å²) in [6.45, 7) is 3.28. The average molecular weight is 326 g/mol. The second kappa shape index (κ2) is 6.66. The first-order valence-electron chi connectivity index (χ1n) is 7.33. The van der Waals surface area contributed by atoms with E-state index in [2.05, 4.69) is 10.6 Å². The van der Waals surface area contributed by atoms with Crippen LogP contribution in [0.4, 0.5) is 4.79 Å². The van der Waals surface area contributed by atoms with Crippen LogP contribution in [-0.2, 0) is 16.3 Å². The molecule has 0 aromatic heterocycles. The number of benzene rings is 1. The summed E-state index contributed by atoms with van der Waals surface area (Å²) in [5.41, 5.74) is 1.92. The summed E-state index contributed by atoms with van der Waals surface area (Å²) in [6, 6.07) is 6.62. The van der Waals surface area contributed by atoms with Gasteiger partial charge < -0.3 is 15.7 Å². The maximum absolute atomic E-state index is 11.9. The zero-order valence-electron chi connectivity index (χ0n) is 12.7. The maximum Gasteiger partial charge on any atom is 0.315 e. The molecule has 6 nitrogen and oxygen atoms in total. The van der Waals surface area contributed by atoms with Crippen LogP contribution >= 0.6 is 0 Å². The largest absolute Gasteiger partial charge is 0.390 e. The van der Waals surface area contributed by atoms with Gasteiger partial charge in [0, 0.05) is 13.0 Å². The molecule has 0 saturated heterocycles. The Morgan fingerprint density at radius 2 is 2.05 bits per heavy atom. The lowest BCUT2D eigenvalue weighted by molar-refractivity contribution is 0.142. The summed E-state index contributed by atoms with van der Waals surface area (Å²) in [5, 5.41) is 14.8. The number of nitrogens with one attached hydrogen (secondary N) is 2. The molecule has 0 aliphatic heterocycles. The Bertz CT molecular complexity index is 643. The minimum absolute atomic E-state index is 0.0524. The number of aliphatic hydroxyl groups excluding tert-OH is 1. The number of fused-ring (bicyclic) bond motifs is 1. The van der Waals surface area contributed by atoms with Gasteiger partial charge in [0.2, 0.25) is 0 Å². The van der Waals surface area contributed by atoms with Crippen LogP contribution in [0.2, 0.25) is 0 Å². The minimum Gasteiger partial charge on any atom is -0.390 e. The van der Waals surface area contributed by atoms with E-state index in [9.17, 15) is 18.3 Å². The number of hydrogen-bond donors (Lipinski definition) is 3. The topological polar surface area (TPSA) is 95.5 Å². The van der Waals surface area contributed by atoms with Gasteiger partial charge in [-0.2, -0.15) is 0 Å². The molecule has 1 aromatic carbocycles. The summed E-state index contributed by atoms with van der Waals surface area (Å²) in [6.07, 6.45) is -0.161. The summed E-state index contributed by atoms with van der Waals surface area (Å²) >= 11 is 0. The Morgan fingerprint density at radius 3 is 2.73 bits per heavy atom. The highest BCUT2D eigenvalue weighted by Crippen LogP contribution is 2.30. The normalized spacial score (nSPS) is 20.7. The Hall–Kier alpha value is -1.60. The van der Waals surface area contributed by atoms with E-state index in [0.29, 0.717) is 6.42 Å². The van der Waals surface area contributed by atoms with Crippen molar-refractivity contribution in [2.24, 2.45) is 0 Å². The van der Waals surface area contributed by atoms with Crippen LogP contribution in [0, 0.1) is 0 Å². The molecule has 1 aromatic rings. The monoisotopic (exact) mass is 326 g/mol. The molecule has 0 heterocycles. The minimum atomic E-state index is -3.17. The third-order valence-electron chi connectivity index (χ3n) is 3.88. The van der Waals surface area contributed by atoms with E-state index in [1.54, 1.807) is 13.8 Å². The lowest BCUT2D eigenvalue weighted by atomic mass is 10.1. The van der Waals surface area contributed by atoms with Gasteiger partial charge in [-0.3, -0.25) is 0 Å². The van der Waals surface area contributed by atoms with Crippen LogP contribution < -0.4 is 10.6 Å². The van der Waals surface area contributed by atoms with Gasteiger partial charge in [-0.1, -0.05) is 24.3 Å². The number of rotatable bonds is 5. The van der Waals surface area contributed by atoms with Crippen LogP contribution in [0.5, 0.6) is 0 Å². The fourth-order valence-electron chi connectivity index (χ4n) is 2.48. The zero-order chi connectivity index (χ0) is 16.3. The molecule has 3 N–H and O–H groups in total. The molecule has 2 amide bonds. The second-order valence-electron chi connectivity index (χ2n) is 5.76. The molecule has 0 unspecified atom stereocenters. The Balaban J connectivity index is 1.88. The van der Waals surface area contributed by atoms with E-state index in [4.69, 9.17) is 0 Å². The third kappa shape index (κ3) is 3.78. The van der Waals surface area contributed by atoms with E-state index in [0.717, 1.165) is 11.1 Å². The maximum atomic E-state index is 11.9. The van der Waals surface area contributed by atoms with Gasteiger partial charge in [0.15, 0.2) is 9.84 Å². The van der Waals surface area contributed by atoms with Gasteiger partial charge in [0.25, 0.3) is 0 Å². The molecule has 0 saturated carbocycles. The molecule has 2 atom stereocenters. The fourth-order valence-corrected chi connectivity index (χ4v) is 3.34. The molecule has 7 heteroatoms. The van der Waals surface area contributed by atoms with E-state index in [1.165, 1.54) is 0 Å². The van der Waals surface area contributed by atoms with Crippen molar-refractivity contribution in [1.29, 1.82) is 0 Å². The summed E-state index contributed by atoms with van der Waals surface area (Å²) < 4.78 is 23.3. The SMILES string of the molecule is CC(C)S(=O)(=O)CCNC(=O)N[C@@H]1c2ccccc2C[C@@H]1O. The molecule has 0 bridgehead atoms. The highest BCUT2D eigenvalue weighted by Gasteiger charge is 2.31. The molecule has 0 spiro atoms. The Morgan fingerprint density at radius 1 is 1.36 bits per heavy atom. The highest BCUT2D eigenvalue weighted by molar-refractivity contribution is 7.92. The predicted octanol–water partition coefficient (Wildman–Crippen LogP) is 0.767. The van der Waals surface area contributed by atoms with Crippen molar-refractivity contribution < 1.29 is 18.3 Å². The summed E-state index contributed by atoms with van der Waals surface area (Å²) in [4.78, 5) is 11.9. The van der Waals surface area contributed by atoms with Crippen molar-refractivity contribution in [1.82, 2.24) is 10.6 Å². The summed E-state index contributed by atoms with van der Waals surface area (Å²) in [7, 11) is -3.17. The number of sulfone groups is 1.